The van der Waals surface area contributed by atoms with Crippen molar-refractivity contribution in [2.75, 3.05) is 6.54 Å². The summed E-state index contributed by atoms with van der Waals surface area (Å²) in [5.74, 6) is -0.124. The molecule has 0 bridgehead atoms. The van der Waals surface area contributed by atoms with Crippen LogP contribution in [0.1, 0.15) is 46.1 Å². The van der Waals surface area contributed by atoms with Gasteiger partial charge in [0.25, 0.3) is 5.91 Å². The van der Waals surface area contributed by atoms with Gasteiger partial charge in [-0.05, 0) is 55.2 Å². The summed E-state index contributed by atoms with van der Waals surface area (Å²) in [6.45, 7) is 2.70. The van der Waals surface area contributed by atoms with Crippen LogP contribution < -0.4 is 4.72 Å². The van der Waals surface area contributed by atoms with Gasteiger partial charge in [0.15, 0.2) is 0 Å². The first-order valence-corrected chi connectivity index (χ1v) is 11.9. The van der Waals surface area contributed by atoms with Gasteiger partial charge in [-0.15, -0.1) is 0 Å². The molecule has 1 aliphatic heterocycles. The van der Waals surface area contributed by atoms with E-state index in [2.05, 4.69) is 4.72 Å². The Balaban J connectivity index is 1.58. The third-order valence-electron chi connectivity index (χ3n) is 5.90. The zero-order valence-electron chi connectivity index (χ0n) is 17.8. The van der Waals surface area contributed by atoms with Crippen molar-refractivity contribution in [1.82, 2.24) is 14.2 Å². The van der Waals surface area contributed by atoms with Gasteiger partial charge in [-0.1, -0.05) is 36.4 Å². The van der Waals surface area contributed by atoms with Crippen LogP contribution in [-0.2, 0) is 23.6 Å². The van der Waals surface area contributed by atoms with Crippen molar-refractivity contribution in [1.29, 1.82) is 0 Å². The number of carbonyl (C=O) groups excluding carboxylic acids is 1. The van der Waals surface area contributed by atoms with Crippen LogP contribution in [0.4, 0.5) is 0 Å². The van der Waals surface area contributed by atoms with E-state index in [0.717, 1.165) is 29.7 Å². The molecule has 1 aliphatic rings. The number of nitrogens with zero attached hydrogens (tertiary/aromatic N) is 2. The Labute approximate surface area is 183 Å². The Hall–Kier alpha value is -2.90. The van der Waals surface area contributed by atoms with E-state index in [9.17, 15) is 13.2 Å². The number of carbonyl (C=O) groups is 1. The summed E-state index contributed by atoms with van der Waals surface area (Å²) in [6, 6.07) is 18.1. The van der Waals surface area contributed by atoms with Crippen molar-refractivity contribution in [2.45, 2.75) is 37.2 Å². The Morgan fingerprint density at radius 2 is 1.87 bits per heavy atom. The Kier molecular flexibility index (Phi) is 5.98. The minimum absolute atomic E-state index is 0.00312. The van der Waals surface area contributed by atoms with Crippen LogP contribution >= 0.6 is 0 Å². The summed E-state index contributed by atoms with van der Waals surface area (Å²) in [5.41, 5.74) is 3.17. The van der Waals surface area contributed by atoms with E-state index in [0.29, 0.717) is 12.1 Å². The van der Waals surface area contributed by atoms with Crippen LogP contribution in [0.5, 0.6) is 0 Å². The summed E-state index contributed by atoms with van der Waals surface area (Å²) in [6.07, 6.45) is 3.81. The number of aryl methyl sites for hydroxylation is 2. The van der Waals surface area contributed by atoms with Crippen LogP contribution in [0.15, 0.2) is 71.8 Å². The van der Waals surface area contributed by atoms with Gasteiger partial charge in [0.2, 0.25) is 10.0 Å². The Morgan fingerprint density at radius 3 is 2.58 bits per heavy atom. The molecule has 0 radical (unpaired) electrons. The van der Waals surface area contributed by atoms with Gasteiger partial charge in [0.1, 0.15) is 0 Å². The predicted molar refractivity (Wildman–Crippen MR) is 120 cm³/mol. The van der Waals surface area contributed by atoms with Crippen LogP contribution in [0.25, 0.3) is 0 Å². The van der Waals surface area contributed by atoms with Gasteiger partial charge in [0.05, 0.1) is 10.9 Å². The first-order valence-electron chi connectivity index (χ1n) is 10.4. The zero-order chi connectivity index (χ0) is 22.0. The van der Waals surface area contributed by atoms with E-state index < -0.39 is 10.0 Å². The molecule has 1 amide bonds. The molecular weight excluding hydrogens is 410 g/mol. The van der Waals surface area contributed by atoms with Crippen molar-refractivity contribution < 1.29 is 13.2 Å². The van der Waals surface area contributed by atoms with E-state index in [-0.39, 0.29) is 23.4 Å². The molecule has 2 heterocycles. The summed E-state index contributed by atoms with van der Waals surface area (Å²) >= 11 is 0. The molecule has 6 nitrogen and oxygen atoms in total. The van der Waals surface area contributed by atoms with Gasteiger partial charge in [0, 0.05) is 37.6 Å². The maximum atomic E-state index is 13.4. The number of hydrogen-bond acceptors (Lipinski definition) is 3. The number of benzene rings is 2. The fourth-order valence-corrected chi connectivity index (χ4v) is 5.19. The average molecular weight is 438 g/mol. The number of sulfonamides is 1. The fraction of sp³-hybridized carbons (Fsp3) is 0.292. The Morgan fingerprint density at radius 1 is 1.10 bits per heavy atom. The zero-order valence-corrected chi connectivity index (χ0v) is 18.6. The molecule has 1 N–H and O–H groups in total. The maximum Gasteiger partial charge on any atom is 0.254 e. The second-order valence-corrected chi connectivity index (χ2v) is 9.75. The van der Waals surface area contributed by atoms with Crippen molar-refractivity contribution >= 4 is 15.9 Å². The molecular formula is C24H27N3O3S. The van der Waals surface area contributed by atoms with E-state index >= 15 is 0 Å². The largest absolute Gasteiger partial charge is 0.353 e. The number of rotatable bonds is 6. The molecule has 1 unspecified atom stereocenters. The van der Waals surface area contributed by atoms with Gasteiger partial charge in [-0.2, -0.15) is 0 Å². The number of aromatic nitrogens is 1. The summed E-state index contributed by atoms with van der Waals surface area (Å²) < 4.78 is 30.4. The van der Waals surface area contributed by atoms with Crippen molar-refractivity contribution in [3.8, 4) is 0 Å². The van der Waals surface area contributed by atoms with E-state index in [1.54, 1.807) is 12.1 Å². The third-order valence-corrected chi connectivity index (χ3v) is 7.30. The molecule has 3 aromatic rings. The maximum absolute atomic E-state index is 13.4. The molecule has 0 aliphatic carbocycles. The number of nitrogens with one attached hydrogen (secondary N) is 1. The molecule has 162 valence electrons. The lowest BCUT2D eigenvalue weighted by Gasteiger charge is -2.26. The minimum Gasteiger partial charge on any atom is -0.353 e. The second kappa shape index (κ2) is 8.69. The molecule has 2 aromatic carbocycles. The average Bonchev–Trinajstić information content (AvgIpc) is 3.41. The predicted octanol–water partition coefficient (Wildman–Crippen LogP) is 3.79. The van der Waals surface area contributed by atoms with E-state index in [4.69, 9.17) is 0 Å². The van der Waals surface area contributed by atoms with Gasteiger partial charge in [-0.3, -0.25) is 4.79 Å². The summed E-state index contributed by atoms with van der Waals surface area (Å²) in [7, 11) is -1.76. The van der Waals surface area contributed by atoms with Crippen molar-refractivity contribution in [3.63, 3.8) is 0 Å². The lowest BCUT2D eigenvalue weighted by Crippen LogP contribution is -2.32. The standard InChI is InChI=1S/C24H27N3O3S/c1-18-12-13-20(31(29,30)25-17-19-8-4-3-5-9-19)16-21(18)24(28)27-15-7-11-23(27)22-10-6-14-26(22)2/h3-6,8-10,12-14,16,23,25H,7,11,15,17H2,1-2H3. The Bertz CT molecular complexity index is 1190. The van der Waals surface area contributed by atoms with Gasteiger partial charge < -0.3 is 9.47 Å². The molecule has 0 saturated carbocycles. The first-order chi connectivity index (χ1) is 14.9. The van der Waals surface area contributed by atoms with E-state index in [1.807, 2.05) is 72.1 Å². The highest BCUT2D eigenvalue weighted by molar-refractivity contribution is 7.89. The molecule has 31 heavy (non-hydrogen) atoms. The topological polar surface area (TPSA) is 71.4 Å². The number of likely N-dealkylation sites (tertiary alicyclic amines) is 1. The molecule has 1 saturated heterocycles. The summed E-state index contributed by atoms with van der Waals surface area (Å²) in [4.78, 5) is 15.4. The van der Waals surface area contributed by atoms with Gasteiger partial charge in [-0.25, -0.2) is 13.1 Å². The highest BCUT2D eigenvalue weighted by Crippen LogP contribution is 2.34. The number of hydrogen-bond donors (Lipinski definition) is 1. The second-order valence-electron chi connectivity index (χ2n) is 7.99. The molecule has 0 spiro atoms. The lowest BCUT2D eigenvalue weighted by molar-refractivity contribution is 0.0730. The van der Waals surface area contributed by atoms with Crippen LogP contribution in [0.2, 0.25) is 0 Å². The van der Waals surface area contributed by atoms with Gasteiger partial charge >= 0.3 is 0 Å². The third kappa shape index (κ3) is 4.43. The molecule has 7 heteroatoms. The summed E-state index contributed by atoms with van der Waals surface area (Å²) in [5, 5.41) is 0. The van der Waals surface area contributed by atoms with Crippen molar-refractivity contribution in [2.24, 2.45) is 7.05 Å². The normalized spacial score (nSPS) is 16.6. The highest BCUT2D eigenvalue weighted by Gasteiger charge is 2.33. The van der Waals surface area contributed by atoms with Crippen molar-refractivity contribution in [3.05, 3.63) is 89.2 Å². The first kappa shape index (κ1) is 21.3. The van der Waals surface area contributed by atoms with Crippen LogP contribution in [-0.4, -0.2) is 30.3 Å². The molecule has 1 aromatic heterocycles. The molecule has 1 fully saturated rings. The number of amides is 1. The lowest BCUT2D eigenvalue weighted by atomic mass is 10.1. The smallest absolute Gasteiger partial charge is 0.254 e. The highest BCUT2D eigenvalue weighted by atomic mass is 32.2. The molecule has 1 atom stereocenters. The van der Waals surface area contributed by atoms with Crippen LogP contribution in [0.3, 0.4) is 0 Å². The SMILES string of the molecule is Cc1ccc(S(=O)(=O)NCc2ccccc2)cc1C(=O)N1CCCC1c1cccn1C. The minimum atomic E-state index is -3.74. The quantitative estimate of drug-likeness (QED) is 0.638. The molecule has 4 rings (SSSR count). The van der Waals surface area contributed by atoms with Crippen LogP contribution in [0, 0.1) is 6.92 Å². The van der Waals surface area contributed by atoms with E-state index in [1.165, 1.54) is 6.07 Å². The fourth-order valence-electron chi connectivity index (χ4n) is 4.15. The monoisotopic (exact) mass is 437 g/mol.